The Balaban J connectivity index is 1.91. The number of carbonyl (C=O) groups excluding carboxylic acids is 1. The minimum absolute atomic E-state index is 0.0874. The third-order valence-electron chi connectivity index (χ3n) is 3.21. The van der Waals surface area contributed by atoms with Gasteiger partial charge in [0.05, 0.1) is 12.3 Å². The summed E-state index contributed by atoms with van der Waals surface area (Å²) in [5.41, 5.74) is 2.05. The van der Waals surface area contributed by atoms with Gasteiger partial charge >= 0.3 is 5.97 Å². The fraction of sp³-hybridized carbons (Fsp3) is 0.333. The minimum atomic E-state index is -1.12. The monoisotopic (exact) mass is 350 g/mol. The van der Waals surface area contributed by atoms with Gasteiger partial charge in [-0.25, -0.2) is 4.79 Å². The molecule has 8 nitrogen and oxygen atoms in total. The highest BCUT2D eigenvalue weighted by molar-refractivity contribution is 7.99. The van der Waals surface area contributed by atoms with E-state index in [0.29, 0.717) is 5.16 Å². The molecule has 0 aliphatic rings. The minimum Gasteiger partial charge on any atom is -0.479 e. The Morgan fingerprint density at radius 3 is 2.71 bits per heavy atom. The van der Waals surface area contributed by atoms with Crippen molar-refractivity contribution in [1.82, 2.24) is 20.1 Å². The molecule has 0 saturated carbocycles. The van der Waals surface area contributed by atoms with Crippen molar-refractivity contribution in [1.29, 1.82) is 0 Å². The van der Waals surface area contributed by atoms with Crippen LogP contribution in [0.1, 0.15) is 5.56 Å². The molecular weight excluding hydrogens is 332 g/mol. The predicted octanol–water partition coefficient (Wildman–Crippen LogP) is 0.884. The van der Waals surface area contributed by atoms with Crippen LogP contribution in [0.2, 0.25) is 0 Å². The predicted molar refractivity (Wildman–Crippen MR) is 88.3 cm³/mol. The van der Waals surface area contributed by atoms with Crippen LogP contribution < -0.4 is 5.32 Å². The van der Waals surface area contributed by atoms with Crippen LogP contribution in [0.15, 0.2) is 35.7 Å². The van der Waals surface area contributed by atoms with Crippen molar-refractivity contribution in [2.24, 2.45) is 0 Å². The Morgan fingerprint density at radius 1 is 1.38 bits per heavy atom. The van der Waals surface area contributed by atoms with Gasteiger partial charge in [-0.15, -0.1) is 10.2 Å². The quantitative estimate of drug-likeness (QED) is 0.681. The molecule has 2 rings (SSSR count). The number of ether oxygens (including phenoxy) is 1. The first-order valence-corrected chi connectivity index (χ1v) is 8.12. The second-order valence-corrected chi connectivity index (χ2v) is 5.92. The third-order valence-corrected chi connectivity index (χ3v) is 4.15. The van der Waals surface area contributed by atoms with E-state index >= 15 is 0 Å². The number of aliphatic carboxylic acids is 1. The number of methoxy groups -OCH3 is 1. The van der Waals surface area contributed by atoms with E-state index in [1.54, 1.807) is 10.9 Å². The summed E-state index contributed by atoms with van der Waals surface area (Å²) in [5, 5.41) is 19.8. The summed E-state index contributed by atoms with van der Waals surface area (Å²) in [7, 11) is 1.28. The number of thioether (sulfide) groups is 1. The smallest absolute Gasteiger partial charge is 0.334 e. The first kappa shape index (κ1) is 18.0. The topological polar surface area (TPSA) is 106 Å². The lowest BCUT2D eigenvalue weighted by molar-refractivity contribution is -0.148. The SMILES string of the molecule is COC(CNC(=O)CSc1nncn1-c1ccc(C)cc1)C(=O)O. The summed E-state index contributed by atoms with van der Waals surface area (Å²) in [5.74, 6) is -1.33. The fourth-order valence-electron chi connectivity index (χ4n) is 1.86. The Bertz CT molecular complexity index is 702. The van der Waals surface area contributed by atoms with Crippen LogP contribution in [0, 0.1) is 6.92 Å². The molecule has 0 spiro atoms. The molecule has 1 aromatic heterocycles. The standard InChI is InChI=1S/C15H18N4O4S/c1-10-3-5-11(6-4-10)19-9-17-18-15(19)24-8-13(20)16-7-12(23-2)14(21)22/h3-6,9,12H,7-8H2,1-2H3,(H,16,20)(H,21,22). The van der Waals surface area contributed by atoms with Gasteiger partial charge in [0.25, 0.3) is 0 Å². The summed E-state index contributed by atoms with van der Waals surface area (Å²) in [6.45, 7) is 1.91. The van der Waals surface area contributed by atoms with Gasteiger partial charge in [0.1, 0.15) is 6.33 Å². The van der Waals surface area contributed by atoms with E-state index in [4.69, 9.17) is 9.84 Å². The molecule has 2 N–H and O–H groups in total. The molecule has 1 unspecified atom stereocenters. The molecule has 0 bridgehead atoms. The van der Waals surface area contributed by atoms with Crippen LogP contribution in [0.25, 0.3) is 5.69 Å². The zero-order chi connectivity index (χ0) is 17.5. The van der Waals surface area contributed by atoms with Gasteiger partial charge in [-0.2, -0.15) is 0 Å². The van der Waals surface area contributed by atoms with E-state index in [0.717, 1.165) is 11.3 Å². The van der Waals surface area contributed by atoms with E-state index < -0.39 is 12.1 Å². The molecule has 128 valence electrons. The number of benzene rings is 1. The molecule has 2 aromatic rings. The van der Waals surface area contributed by atoms with Crippen LogP contribution in [0.4, 0.5) is 0 Å². The maximum atomic E-state index is 11.8. The Labute approximate surface area is 143 Å². The van der Waals surface area contributed by atoms with E-state index in [-0.39, 0.29) is 18.2 Å². The van der Waals surface area contributed by atoms with Crippen molar-refractivity contribution in [3.05, 3.63) is 36.2 Å². The van der Waals surface area contributed by atoms with Crippen LogP contribution in [0.3, 0.4) is 0 Å². The first-order valence-electron chi connectivity index (χ1n) is 7.13. The lowest BCUT2D eigenvalue weighted by Gasteiger charge is -2.11. The molecule has 1 atom stereocenters. The molecule has 0 radical (unpaired) electrons. The summed E-state index contributed by atoms with van der Waals surface area (Å²) in [6, 6.07) is 7.85. The largest absolute Gasteiger partial charge is 0.479 e. The maximum Gasteiger partial charge on any atom is 0.334 e. The first-order chi connectivity index (χ1) is 11.5. The molecule has 0 saturated heterocycles. The van der Waals surface area contributed by atoms with Gasteiger partial charge < -0.3 is 15.2 Å². The lowest BCUT2D eigenvalue weighted by Crippen LogP contribution is -2.38. The highest BCUT2D eigenvalue weighted by Gasteiger charge is 2.17. The van der Waals surface area contributed by atoms with Crippen molar-refractivity contribution in [3.8, 4) is 5.69 Å². The molecule has 24 heavy (non-hydrogen) atoms. The number of hydrogen-bond donors (Lipinski definition) is 2. The van der Waals surface area contributed by atoms with E-state index in [2.05, 4.69) is 15.5 Å². The zero-order valence-electron chi connectivity index (χ0n) is 13.3. The summed E-state index contributed by atoms with van der Waals surface area (Å²) >= 11 is 1.22. The third kappa shape index (κ3) is 4.80. The van der Waals surface area contributed by atoms with Gasteiger partial charge in [0.2, 0.25) is 5.91 Å². The van der Waals surface area contributed by atoms with Crippen molar-refractivity contribution >= 4 is 23.6 Å². The van der Waals surface area contributed by atoms with E-state index in [9.17, 15) is 9.59 Å². The number of carboxylic acids is 1. The highest BCUT2D eigenvalue weighted by atomic mass is 32.2. The van der Waals surface area contributed by atoms with Crippen LogP contribution >= 0.6 is 11.8 Å². The van der Waals surface area contributed by atoms with Crippen LogP contribution in [-0.2, 0) is 14.3 Å². The summed E-state index contributed by atoms with van der Waals surface area (Å²) < 4.78 is 6.54. The normalized spacial score (nSPS) is 11.9. The molecule has 1 heterocycles. The molecule has 0 aliphatic carbocycles. The second kappa shape index (κ2) is 8.46. The van der Waals surface area contributed by atoms with Crippen molar-refractivity contribution in [3.63, 3.8) is 0 Å². The lowest BCUT2D eigenvalue weighted by atomic mass is 10.2. The van der Waals surface area contributed by atoms with Crippen molar-refractivity contribution in [2.45, 2.75) is 18.2 Å². The number of aryl methyl sites for hydroxylation is 1. The number of rotatable bonds is 8. The van der Waals surface area contributed by atoms with Gasteiger partial charge in [0.15, 0.2) is 11.3 Å². The average Bonchev–Trinajstić information content (AvgIpc) is 3.02. The van der Waals surface area contributed by atoms with E-state index in [1.165, 1.54) is 18.9 Å². The number of hydrogen-bond acceptors (Lipinski definition) is 6. The van der Waals surface area contributed by atoms with Crippen molar-refractivity contribution < 1.29 is 19.4 Å². The second-order valence-electron chi connectivity index (χ2n) is 4.97. The Morgan fingerprint density at radius 2 is 2.08 bits per heavy atom. The van der Waals surface area contributed by atoms with Crippen LogP contribution in [0.5, 0.6) is 0 Å². The zero-order valence-corrected chi connectivity index (χ0v) is 14.1. The number of carbonyl (C=O) groups is 2. The highest BCUT2D eigenvalue weighted by Crippen LogP contribution is 2.19. The molecule has 9 heteroatoms. The molecular formula is C15H18N4O4S. The number of nitrogens with one attached hydrogen (secondary N) is 1. The van der Waals surface area contributed by atoms with Crippen molar-refractivity contribution in [2.75, 3.05) is 19.4 Å². The van der Waals surface area contributed by atoms with E-state index in [1.807, 2.05) is 31.2 Å². The summed E-state index contributed by atoms with van der Waals surface area (Å²) in [6.07, 6.45) is 0.520. The number of carboxylic acid groups (broad SMARTS) is 1. The van der Waals surface area contributed by atoms with Gasteiger partial charge in [0, 0.05) is 12.8 Å². The fourth-order valence-corrected chi connectivity index (χ4v) is 2.62. The molecule has 0 aliphatic heterocycles. The average molecular weight is 350 g/mol. The van der Waals surface area contributed by atoms with Crippen LogP contribution in [-0.4, -0.2) is 57.3 Å². The Kier molecular flexibility index (Phi) is 6.33. The summed E-state index contributed by atoms with van der Waals surface area (Å²) in [4.78, 5) is 22.6. The number of amides is 1. The maximum absolute atomic E-state index is 11.8. The molecule has 1 amide bonds. The molecule has 1 aromatic carbocycles. The van der Waals surface area contributed by atoms with Gasteiger partial charge in [-0.3, -0.25) is 9.36 Å². The number of aromatic nitrogens is 3. The Hall–Kier alpha value is -2.39. The number of nitrogens with zero attached hydrogens (tertiary/aromatic N) is 3. The van der Waals surface area contributed by atoms with Gasteiger partial charge in [-0.05, 0) is 19.1 Å². The van der Waals surface area contributed by atoms with Gasteiger partial charge in [-0.1, -0.05) is 29.5 Å². The molecule has 0 fully saturated rings.